The molecule has 0 N–H and O–H groups in total. The van der Waals surface area contributed by atoms with Gasteiger partial charge < -0.3 is 0 Å². The molecule has 0 aliphatic rings. The molecule has 0 saturated carbocycles. The lowest BCUT2D eigenvalue weighted by Gasteiger charge is -2.27. The molecule has 0 radical (unpaired) electrons. The monoisotopic (exact) mass is 284 g/mol. The molecule has 0 atom stereocenters. The van der Waals surface area contributed by atoms with Crippen molar-refractivity contribution >= 4 is 6.08 Å². The van der Waals surface area contributed by atoms with Gasteiger partial charge in [-0.1, -0.05) is 103 Å². The van der Waals surface area contributed by atoms with Crippen LogP contribution in [-0.2, 0) is 5.41 Å². The van der Waals surface area contributed by atoms with E-state index in [-0.39, 0.29) is 5.41 Å². The summed E-state index contributed by atoms with van der Waals surface area (Å²) in [6.07, 6.45) is 4.51. The van der Waals surface area contributed by atoms with Crippen LogP contribution in [0.4, 0.5) is 0 Å². The highest BCUT2D eigenvalue weighted by molar-refractivity contribution is 5.55. The maximum Gasteiger partial charge on any atom is 0.0356 e. The molecular formula is C22H20. The van der Waals surface area contributed by atoms with Gasteiger partial charge in [0, 0.05) is 5.41 Å². The summed E-state index contributed by atoms with van der Waals surface area (Å²) in [6.45, 7) is 2.27. The van der Waals surface area contributed by atoms with Gasteiger partial charge in [-0.15, -0.1) is 0 Å². The summed E-state index contributed by atoms with van der Waals surface area (Å²) in [7, 11) is 0. The normalized spacial score (nSPS) is 11.7. The molecule has 3 aromatic rings. The van der Waals surface area contributed by atoms with E-state index in [4.69, 9.17) is 0 Å². The summed E-state index contributed by atoms with van der Waals surface area (Å²) < 4.78 is 0. The van der Waals surface area contributed by atoms with Gasteiger partial charge >= 0.3 is 0 Å². The Balaban J connectivity index is 2.06. The van der Waals surface area contributed by atoms with E-state index in [1.54, 1.807) is 0 Å². The minimum absolute atomic E-state index is 0.141. The molecule has 108 valence electrons. The van der Waals surface area contributed by atoms with Crippen molar-refractivity contribution in [2.75, 3.05) is 0 Å². The van der Waals surface area contributed by atoms with Crippen LogP contribution in [0.3, 0.4) is 0 Å². The summed E-state index contributed by atoms with van der Waals surface area (Å²) in [5.74, 6) is 0. The number of benzene rings is 3. The highest BCUT2D eigenvalue weighted by Gasteiger charge is 2.25. The van der Waals surface area contributed by atoms with Crippen molar-refractivity contribution < 1.29 is 0 Å². The first-order valence-electron chi connectivity index (χ1n) is 7.64. The summed E-state index contributed by atoms with van der Waals surface area (Å²) >= 11 is 0. The zero-order valence-electron chi connectivity index (χ0n) is 12.8. The maximum absolute atomic E-state index is 2.30. The van der Waals surface area contributed by atoms with Crippen molar-refractivity contribution in [1.82, 2.24) is 0 Å². The highest BCUT2D eigenvalue weighted by Crippen LogP contribution is 2.33. The van der Waals surface area contributed by atoms with Crippen LogP contribution in [0.25, 0.3) is 6.08 Å². The number of hydrogen-bond acceptors (Lipinski definition) is 0. The number of hydrogen-bond donors (Lipinski definition) is 0. The van der Waals surface area contributed by atoms with Crippen LogP contribution < -0.4 is 0 Å². The maximum atomic E-state index is 2.30. The molecule has 3 aromatic carbocycles. The van der Waals surface area contributed by atoms with Crippen LogP contribution in [0.15, 0.2) is 97.1 Å². The van der Waals surface area contributed by atoms with Crippen molar-refractivity contribution in [1.29, 1.82) is 0 Å². The van der Waals surface area contributed by atoms with Gasteiger partial charge in [0.2, 0.25) is 0 Å². The van der Waals surface area contributed by atoms with Crippen molar-refractivity contribution in [3.8, 4) is 0 Å². The Bertz CT molecular complexity index is 685. The van der Waals surface area contributed by atoms with E-state index in [0.717, 1.165) is 0 Å². The van der Waals surface area contributed by atoms with Crippen molar-refractivity contribution in [3.63, 3.8) is 0 Å². The molecule has 0 bridgehead atoms. The molecular weight excluding hydrogens is 264 g/mol. The van der Waals surface area contributed by atoms with E-state index in [1.807, 2.05) is 6.07 Å². The second-order valence-corrected chi connectivity index (χ2v) is 5.68. The smallest absolute Gasteiger partial charge is 0.0356 e. The van der Waals surface area contributed by atoms with Crippen LogP contribution in [-0.4, -0.2) is 0 Å². The summed E-state index contributed by atoms with van der Waals surface area (Å²) in [5, 5.41) is 0. The zero-order chi connectivity index (χ0) is 15.3. The van der Waals surface area contributed by atoms with Gasteiger partial charge in [0.05, 0.1) is 0 Å². The molecule has 0 aromatic heterocycles. The van der Waals surface area contributed by atoms with Gasteiger partial charge in [-0.25, -0.2) is 0 Å². The Labute approximate surface area is 132 Å². The average molecular weight is 284 g/mol. The summed E-state index contributed by atoms with van der Waals surface area (Å²) in [4.78, 5) is 0. The van der Waals surface area contributed by atoms with E-state index < -0.39 is 0 Å². The highest BCUT2D eigenvalue weighted by atomic mass is 14.3. The van der Waals surface area contributed by atoms with Crippen LogP contribution >= 0.6 is 0 Å². The molecule has 0 heterocycles. The molecule has 22 heavy (non-hydrogen) atoms. The van der Waals surface area contributed by atoms with Crippen molar-refractivity contribution in [2.45, 2.75) is 12.3 Å². The third-order valence-corrected chi connectivity index (χ3v) is 4.16. The Hall–Kier alpha value is -2.60. The third kappa shape index (κ3) is 3.01. The predicted molar refractivity (Wildman–Crippen MR) is 94.8 cm³/mol. The fourth-order valence-corrected chi connectivity index (χ4v) is 2.75. The Morgan fingerprint density at radius 1 is 0.591 bits per heavy atom. The first kappa shape index (κ1) is 14.3. The van der Waals surface area contributed by atoms with Crippen LogP contribution in [0.5, 0.6) is 0 Å². The lowest BCUT2D eigenvalue weighted by Crippen LogP contribution is -2.20. The molecule has 3 rings (SSSR count). The Kier molecular flexibility index (Phi) is 4.20. The van der Waals surface area contributed by atoms with E-state index in [9.17, 15) is 0 Å². The van der Waals surface area contributed by atoms with Gasteiger partial charge in [0.1, 0.15) is 0 Å². The molecule has 0 unspecified atom stereocenters. The van der Waals surface area contributed by atoms with Crippen LogP contribution in [0.2, 0.25) is 0 Å². The molecule has 0 spiro atoms. The number of allylic oxidation sites excluding steroid dienone is 1. The summed E-state index contributed by atoms with van der Waals surface area (Å²) in [5.41, 5.74) is 3.68. The molecule has 0 heteroatoms. The first-order valence-corrected chi connectivity index (χ1v) is 7.64. The van der Waals surface area contributed by atoms with Gasteiger partial charge in [0.15, 0.2) is 0 Å². The topological polar surface area (TPSA) is 0 Å². The molecule has 0 aliphatic carbocycles. The quantitative estimate of drug-likeness (QED) is 0.576. The van der Waals surface area contributed by atoms with E-state index in [0.29, 0.717) is 0 Å². The minimum atomic E-state index is -0.141. The largest absolute Gasteiger partial charge is 0.0693 e. The molecule has 0 saturated heterocycles. The van der Waals surface area contributed by atoms with Crippen molar-refractivity contribution in [2.24, 2.45) is 0 Å². The molecule has 0 fully saturated rings. The predicted octanol–water partition coefficient (Wildman–Crippen LogP) is 5.71. The standard InChI is InChI=1S/C22H20/c1-22(20-13-7-3-8-14-20,21-15-9-4-10-16-21)18-17-19-11-5-2-6-12-19/h2-18H,1H3. The fourth-order valence-electron chi connectivity index (χ4n) is 2.75. The van der Waals surface area contributed by atoms with E-state index in [1.165, 1.54) is 16.7 Å². The average Bonchev–Trinajstić information content (AvgIpc) is 2.62. The third-order valence-electron chi connectivity index (χ3n) is 4.16. The summed E-state index contributed by atoms with van der Waals surface area (Å²) in [6, 6.07) is 31.8. The van der Waals surface area contributed by atoms with Gasteiger partial charge in [-0.05, 0) is 23.6 Å². The van der Waals surface area contributed by atoms with Crippen LogP contribution in [0.1, 0.15) is 23.6 Å². The number of rotatable bonds is 4. The molecule has 0 nitrogen and oxygen atoms in total. The minimum Gasteiger partial charge on any atom is -0.0693 e. The van der Waals surface area contributed by atoms with Gasteiger partial charge in [0.25, 0.3) is 0 Å². The second kappa shape index (κ2) is 6.44. The Morgan fingerprint density at radius 2 is 1.00 bits per heavy atom. The van der Waals surface area contributed by atoms with Crippen LogP contribution in [0, 0.1) is 0 Å². The van der Waals surface area contributed by atoms with E-state index >= 15 is 0 Å². The molecule has 0 amide bonds. The fraction of sp³-hybridized carbons (Fsp3) is 0.0909. The zero-order valence-corrected chi connectivity index (χ0v) is 12.8. The lowest BCUT2D eigenvalue weighted by atomic mass is 9.76. The van der Waals surface area contributed by atoms with Crippen molar-refractivity contribution in [3.05, 3.63) is 114 Å². The van der Waals surface area contributed by atoms with E-state index in [2.05, 4.69) is 104 Å². The molecule has 0 aliphatic heterocycles. The Morgan fingerprint density at radius 3 is 1.45 bits per heavy atom. The SMILES string of the molecule is CC(C=Cc1ccccc1)(c1ccccc1)c1ccccc1. The first-order chi connectivity index (χ1) is 10.8. The van der Waals surface area contributed by atoms with Gasteiger partial charge in [-0.3, -0.25) is 0 Å². The second-order valence-electron chi connectivity index (χ2n) is 5.68. The lowest BCUT2D eigenvalue weighted by molar-refractivity contribution is 0.727. The van der Waals surface area contributed by atoms with Gasteiger partial charge in [-0.2, -0.15) is 0 Å².